The van der Waals surface area contributed by atoms with Crippen LogP contribution < -0.4 is 0 Å². The summed E-state index contributed by atoms with van der Waals surface area (Å²) in [4.78, 5) is 15.5. The molecule has 0 aromatic carbocycles. The molecule has 0 bridgehead atoms. The molecule has 2 aliphatic rings. The van der Waals surface area contributed by atoms with Crippen molar-refractivity contribution in [3.63, 3.8) is 0 Å². The summed E-state index contributed by atoms with van der Waals surface area (Å²) in [5.41, 5.74) is -0.783. The number of hydrogen-bond acceptors (Lipinski definition) is 5. The monoisotopic (exact) mass is 150 g/mol. The summed E-state index contributed by atoms with van der Waals surface area (Å²) in [6, 6.07) is 0. The first kappa shape index (κ1) is 6.36. The van der Waals surface area contributed by atoms with Crippen molar-refractivity contribution in [3.8, 4) is 0 Å². The van der Waals surface area contributed by atoms with Crippen molar-refractivity contribution < 1.29 is 5.11 Å². The number of hydrogen-bond donors (Lipinski definition) is 1. The maximum atomic E-state index is 8.99. The minimum Gasteiger partial charge on any atom is -0.393 e. The Balaban J connectivity index is 2.46. The zero-order valence-corrected chi connectivity index (χ0v) is 5.68. The van der Waals surface area contributed by atoms with Crippen LogP contribution in [-0.4, -0.2) is 42.0 Å². The maximum absolute atomic E-state index is 8.99. The molecule has 0 radical (unpaired) electrons. The molecule has 0 aliphatic carbocycles. The number of aliphatic imine (C=N–C) groups is 4. The Labute approximate surface area is 62.9 Å². The summed E-state index contributed by atoms with van der Waals surface area (Å²) in [7, 11) is 0. The third kappa shape index (κ3) is 0.743. The minimum absolute atomic E-state index is 0.136. The average molecular weight is 150 g/mol. The van der Waals surface area contributed by atoms with Crippen molar-refractivity contribution in [2.45, 2.75) is 5.54 Å². The average Bonchev–Trinajstić information content (AvgIpc) is 2.48. The van der Waals surface area contributed by atoms with Crippen LogP contribution >= 0.6 is 0 Å². The Morgan fingerprint density at radius 2 is 2.36 bits per heavy atom. The summed E-state index contributed by atoms with van der Waals surface area (Å²) < 4.78 is 0. The number of nitrogens with zero attached hydrogens (tertiary/aromatic N) is 4. The highest BCUT2D eigenvalue weighted by atomic mass is 16.3. The lowest BCUT2D eigenvalue weighted by Gasteiger charge is -2.19. The van der Waals surface area contributed by atoms with Crippen LogP contribution in [0.4, 0.5) is 0 Å². The molecule has 11 heavy (non-hydrogen) atoms. The van der Waals surface area contributed by atoms with Crippen LogP contribution in [-0.2, 0) is 0 Å². The fourth-order valence-electron chi connectivity index (χ4n) is 0.989. The van der Waals surface area contributed by atoms with Crippen molar-refractivity contribution in [3.05, 3.63) is 0 Å². The van der Waals surface area contributed by atoms with Crippen LogP contribution in [0.25, 0.3) is 0 Å². The summed E-state index contributed by atoms with van der Waals surface area (Å²) in [5.74, 6) is 0.509. The Hall–Kier alpha value is -1.36. The van der Waals surface area contributed by atoms with Gasteiger partial charge in [0.2, 0.25) is 0 Å². The van der Waals surface area contributed by atoms with E-state index in [4.69, 9.17) is 5.11 Å². The van der Waals surface area contributed by atoms with E-state index in [1.54, 1.807) is 6.21 Å². The van der Waals surface area contributed by atoms with Crippen LogP contribution in [0.15, 0.2) is 20.0 Å². The predicted octanol–water partition coefficient (Wildman–Crippen LogP) is -0.729. The summed E-state index contributed by atoms with van der Waals surface area (Å²) >= 11 is 0. The normalized spacial score (nSPS) is 32.3. The van der Waals surface area contributed by atoms with Gasteiger partial charge in [0.15, 0.2) is 11.4 Å². The van der Waals surface area contributed by atoms with E-state index in [9.17, 15) is 0 Å². The topological polar surface area (TPSA) is 69.7 Å². The molecule has 56 valence electrons. The van der Waals surface area contributed by atoms with Gasteiger partial charge in [0.1, 0.15) is 12.7 Å². The smallest absolute Gasteiger partial charge is 0.180 e. The van der Waals surface area contributed by atoms with E-state index < -0.39 is 5.54 Å². The van der Waals surface area contributed by atoms with Crippen LogP contribution in [0.3, 0.4) is 0 Å². The van der Waals surface area contributed by atoms with Crippen LogP contribution in [0.5, 0.6) is 0 Å². The van der Waals surface area contributed by atoms with Gasteiger partial charge in [0.05, 0.1) is 6.61 Å². The molecule has 2 rings (SSSR count). The van der Waals surface area contributed by atoms with Crippen LogP contribution in [0.1, 0.15) is 0 Å². The zero-order valence-electron chi connectivity index (χ0n) is 5.68. The van der Waals surface area contributed by atoms with E-state index in [1.165, 1.54) is 12.7 Å². The fraction of sp³-hybridized carbons (Fsp3) is 0.333. The van der Waals surface area contributed by atoms with Crippen molar-refractivity contribution in [1.29, 1.82) is 0 Å². The van der Waals surface area contributed by atoms with Gasteiger partial charge >= 0.3 is 0 Å². The molecule has 5 nitrogen and oxygen atoms in total. The number of amidine groups is 1. The highest BCUT2D eigenvalue weighted by molar-refractivity contribution is 6.17. The quantitative estimate of drug-likeness (QED) is 0.526. The van der Waals surface area contributed by atoms with Crippen LogP contribution in [0.2, 0.25) is 0 Å². The SMILES string of the molecule is OCC12C=NC=NC1=NC=N2. The van der Waals surface area contributed by atoms with Crippen molar-refractivity contribution in [1.82, 2.24) is 0 Å². The molecule has 2 heterocycles. The van der Waals surface area contributed by atoms with E-state index in [0.29, 0.717) is 5.84 Å². The fourth-order valence-corrected chi connectivity index (χ4v) is 0.989. The Morgan fingerprint density at radius 1 is 1.45 bits per heavy atom. The molecular formula is C6H6N4O. The number of rotatable bonds is 1. The molecule has 1 unspecified atom stereocenters. The van der Waals surface area contributed by atoms with Gasteiger partial charge in [0.25, 0.3) is 0 Å². The van der Waals surface area contributed by atoms with Crippen LogP contribution in [0, 0.1) is 0 Å². The molecule has 0 amide bonds. The standard InChI is InChI=1S/C6H6N4O/c11-2-6-1-7-3-8-5(6)9-4-10-6/h1,3-4,11H,2H2. The number of aliphatic hydroxyl groups is 1. The molecule has 0 spiro atoms. The maximum Gasteiger partial charge on any atom is 0.180 e. The molecule has 0 aromatic heterocycles. The Bertz CT molecular complexity index is 291. The third-order valence-electron chi connectivity index (χ3n) is 1.63. The molecular weight excluding hydrogens is 144 g/mol. The lowest BCUT2D eigenvalue weighted by atomic mass is 10.0. The van der Waals surface area contributed by atoms with Gasteiger partial charge in [-0.1, -0.05) is 0 Å². The molecule has 1 N–H and O–H groups in total. The zero-order chi connectivity index (χ0) is 7.73. The van der Waals surface area contributed by atoms with Gasteiger partial charge in [-0.15, -0.1) is 0 Å². The molecule has 0 saturated heterocycles. The van der Waals surface area contributed by atoms with E-state index in [1.807, 2.05) is 0 Å². The lowest BCUT2D eigenvalue weighted by molar-refractivity contribution is 0.273. The van der Waals surface area contributed by atoms with Crippen molar-refractivity contribution in [2.75, 3.05) is 6.61 Å². The molecule has 5 heteroatoms. The molecule has 2 aliphatic heterocycles. The highest BCUT2D eigenvalue weighted by Gasteiger charge is 2.36. The second kappa shape index (κ2) is 2.06. The first-order valence-electron chi connectivity index (χ1n) is 3.17. The second-order valence-corrected chi connectivity index (χ2v) is 2.30. The third-order valence-corrected chi connectivity index (χ3v) is 1.63. The highest BCUT2D eigenvalue weighted by Crippen LogP contribution is 2.17. The van der Waals surface area contributed by atoms with E-state index >= 15 is 0 Å². The molecule has 0 fully saturated rings. The van der Waals surface area contributed by atoms with Crippen molar-refractivity contribution in [2.24, 2.45) is 20.0 Å². The predicted molar refractivity (Wildman–Crippen MR) is 42.7 cm³/mol. The van der Waals surface area contributed by atoms with E-state index in [0.717, 1.165) is 0 Å². The van der Waals surface area contributed by atoms with Crippen molar-refractivity contribution >= 4 is 24.7 Å². The summed E-state index contributed by atoms with van der Waals surface area (Å²) in [5, 5.41) is 8.99. The first-order valence-corrected chi connectivity index (χ1v) is 3.17. The largest absolute Gasteiger partial charge is 0.393 e. The van der Waals surface area contributed by atoms with E-state index in [2.05, 4.69) is 20.0 Å². The van der Waals surface area contributed by atoms with Gasteiger partial charge in [0, 0.05) is 6.21 Å². The summed E-state index contributed by atoms with van der Waals surface area (Å²) in [6.45, 7) is -0.136. The number of aliphatic hydroxyl groups excluding tert-OH is 1. The second-order valence-electron chi connectivity index (χ2n) is 2.30. The molecule has 0 saturated carbocycles. The van der Waals surface area contributed by atoms with Gasteiger partial charge in [-0.25, -0.2) is 15.0 Å². The van der Waals surface area contributed by atoms with Gasteiger partial charge in [-0.05, 0) is 0 Å². The Morgan fingerprint density at radius 3 is 3.09 bits per heavy atom. The first-order chi connectivity index (χ1) is 5.37. The van der Waals surface area contributed by atoms with E-state index in [-0.39, 0.29) is 6.61 Å². The van der Waals surface area contributed by atoms with Gasteiger partial charge in [-0.3, -0.25) is 4.99 Å². The number of fused-ring (bicyclic) bond motifs is 1. The van der Waals surface area contributed by atoms with Gasteiger partial charge in [-0.2, -0.15) is 0 Å². The summed E-state index contributed by atoms with van der Waals surface area (Å²) in [6.07, 6.45) is 4.32. The molecule has 1 atom stereocenters. The lowest BCUT2D eigenvalue weighted by Crippen LogP contribution is -2.40. The Kier molecular flexibility index (Phi) is 1.19. The minimum atomic E-state index is -0.783. The van der Waals surface area contributed by atoms with Gasteiger partial charge < -0.3 is 5.11 Å². The molecule has 0 aromatic rings.